The van der Waals surface area contributed by atoms with Crippen molar-refractivity contribution >= 4 is 28.5 Å². The number of halogens is 4. The van der Waals surface area contributed by atoms with Crippen molar-refractivity contribution < 1.29 is 26.8 Å². The van der Waals surface area contributed by atoms with Crippen molar-refractivity contribution in [3.63, 3.8) is 0 Å². The van der Waals surface area contributed by atoms with Crippen molar-refractivity contribution in [2.75, 3.05) is 6.54 Å². The average molecular weight is 510 g/mol. The first kappa shape index (κ1) is 24.2. The van der Waals surface area contributed by atoms with Crippen LogP contribution in [0.2, 0.25) is 5.02 Å². The smallest absolute Gasteiger partial charge is 0.420 e. The van der Waals surface area contributed by atoms with Gasteiger partial charge in [-0.25, -0.2) is 0 Å². The number of furan rings is 1. The number of nitrogens with zero attached hydrogens (tertiary/aromatic N) is 2. The second-order valence-corrected chi connectivity index (χ2v) is 10.6. The summed E-state index contributed by atoms with van der Waals surface area (Å²) in [5.74, 6) is 0.773. The van der Waals surface area contributed by atoms with Crippen molar-refractivity contribution in [3.05, 3.63) is 45.8 Å². The normalized spacial score (nSPS) is 24.5. The van der Waals surface area contributed by atoms with Gasteiger partial charge in [0.25, 0.3) is 5.91 Å². The minimum Gasteiger partial charge on any atom is -0.449 e. The van der Waals surface area contributed by atoms with Crippen LogP contribution in [-0.4, -0.2) is 22.6 Å². The zero-order chi connectivity index (χ0) is 25.1. The van der Waals surface area contributed by atoms with Crippen molar-refractivity contribution in [2.45, 2.75) is 70.4 Å². The molecule has 2 bridgehead atoms. The monoisotopic (exact) mass is 509 g/mol. The van der Waals surface area contributed by atoms with Crippen LogP contribution in [0, 0.1) is 18.8 Å². The van der Waals surface area contributed by atoms with Crippen molar-refractivity contribution in [1.82, 2.24) is 15.5 Å². The second-order valence-electron chi connectivity index (χ2n) is 10.3. The number of carbonyl (C=O) groups is 1. The Morgan fingerprint density at radius 3 is 2.54 bits per heavy atom. The third-order valence-electron chi connectivity index (χ3n) is 7.74. The molecular formula is C25H27ClF3N3O3. The van der Waals surface area contributed by atoms with Gasteiger partial charge in [-0.15, -0.1) is 10.2 Å². The number of amides is 1. The Hall–Kier alpha value is -2.55. The van der Waals surface area contributed by atoms with Gasteiger partial charge < -0.3 is 14.2 Å². The predicted octanol–water partition coefficient (Wildman–Crippen LogP) is 6.80. The molecule has 0 saturated heterocycles. The first-order valence-electron chi connectivity index (χ1n) is 11.9. The van der Waals surface area contributed by atoms with Gasteiger partial charge >= 0.3 is 6.18 Å². The molecule has 35 heavy (non-hydrogen) atoms. The van der Waals surface area contributed by atoms with Crippen LogP contribution < -0.4 is 5.32 Å². The molecule has 0 aliphatic heterocycles. The van der Waals surface area contributed by atoms with E-state index >= 15 is 0 Å². The fourth-order valence-electron chi connectivity index (χ4n) is 5.78. The first-order valence-corrected chi connectivity index (χ1v) is 12.3. The zero-order valence-corrected chi connectivity index (χ0v) is 20.5. The molecule has 3 saturated carbocycles. The van der Waals surface area contributed by atoms with Gasteiger partial charge in [-0.1, -0.05) is 25.4 Å². The van der Waals surface area contributed by atoms with Crippen LogP contribution in [0.3, 0.4) is 0 Å². The van der Waals surface area contributed by atoms with Gasteiger partial charge in [-0.05, 0) is 67.6 Å². The van der Waals surface area contributed by atoms with E-state index in [4.69, 9.17) is 20.4 Å². The van der Waals surface area contributed by atoms with Crippen LogP contribution in [0.4, 0.5) is 13.2 Å². The zero-order valence-electron chi connectivity index (χ0n) is 19.8. The first-order chi connectivity index (χ1) is 16.5. The largest absolute Gasteiger partial charge is 0.449 e. The van der Waals surface area contributed by atoms with Crippen molar-refractivity contribution in [1.29, 1.82) is 0 Å². The van der Waals surface area contributed by atoms with Crippen LogP contribution in [-0.2, 0) is 11.6 Å². The molecule has 1 amide bonds. The summed E-state index contributed by atoms with van der Waals surface area (Å²) >= 11 is 6.39. The number of aryl methyl sites for hydroxylation is 1. The minimum absolute atomic E-state index is 0.0952. The molecule has 1 atom stereocenters. The number of hydrogen-bond donors (Lipinski definition) is 1. The van der Waals surface area contributed by atoms with E-state index < -0.39 is 23.2 Å². The van der Waals surface area contributed by atoms with Crippen LogP contribution in [0.15, 0.2) is 21.0 Å². The summed E-state index contributed by atoms with van der Waals surface area (Å²) in [6, 6.07) is 2.63. The van der Waals surface area contributed by atoms with Crippen LogP contribution in [0.25, 0.3) is 11.0 Å². The number of fused-ring (bicyclic) bond motifs is 4. The molecule has 1 N–H and O–H groups in total. The highest BCUT2D eigenvalue weighted by Crippen LogP contribution is 2.53. The van der Waals surface area contributed by atoms with Gasteiger partial charge in [0.05, 0.1) is 10.6 Å². The minimum atomic E-state index is -4.64. The fourth-order valence-corrected chi connectivity index (χ4v) is 6.04. The number of carbonyl (C=O) groups excluding carboxylic acids is 1. The van der Waals surface area contributed by atoms with E-state index in [1.807, 2.05) is 0 Å². The molecule has 1 aromatic carbocycles. The second kappa shape index (κ2) is 8.54. The van der Waals surface area contributed by atoms with Gasteiger partial charge in [0.2, 0.25) is 17.5 Å². The van der Waals surface area contributed by atoms with E-state index in [1.54, 1.807) is 26.8 Å². The Kier molecular flexibility index (Phi) is 5.89. The molecule has 188 valence electrons. The summed E-state index contributed by atoms with van der Waals surface area (Å²) < 4.78 is 52.4. The molecule has 0 spiro atoms. The van der Waals surface area contributed by atoms with E-state index in [0.29, 0.717) is 29.8 Å². The van der Waals surface area contributed by atoms with Gasteiger partial charge in [-0.3, -0.25) is 4.79 Å². The van der Waals surface area contributed by atoms with E-state index in [0.717, 1.165) is 38.2 Å². The molecule has 3 aromatic rings. The summed E-state index contributed by atoms with van der Waals surface area (Å²) in [6.45, 7) is 5.73. The lowest BCUT2D eigenvalue weighted by atomic mass is 9.56. The van der Waals surface area contributed by atoms with E-state index in [1.165, 1.54) is 0 Å². The van der Waals surface area contributed by atoms with Gasteiger partial charge in [-0.2, -0.15) is 13.2 Å². The number of alkyl halides is 3. The van der Waals surface area contributed by atoms with Crippen molar-refractivity contribution in [3.8, 4) is 0 Å². The van der Waals surface area contributed by atoms with Crippen LogP contribution >= 0.6 is 11.6 Å². The molecule has 2 heterocycles. The molecule has 1 unspecified atom stereocenters. The lowest BCUT2D eigenvalue weighted by molar-refractivity contribution is -0.136. The van der Waals surface area contributed by atoms with Gasteiger partial charge in [0.1, 0.15) is 5.58 Å². The Bertz CT molecular complexity index is 1270. The Balaban J connectivity index is 1.38. The van der Waals surface area contributed by atoms with E-state index in [2.05, 4.69) is 15.5 Å². The lowest BCUT2D eigenvalue weighted by Crippen LogP contribution is -2.47. The Morgan fingerprint density at radius 1 is 1.23 bits per heavy atom. The average Bonchev–Trinajstić information content (AvgIpc) is 3.41. The number of aromatic nitrogens is 2. The number of benzene rings is 1. The molecule has 3 aliphatic rings. The molecule has 10 heteroatoms. The third-order valence-corrected chi connectivity index (χ3v) is 8.12. The lowest BCUT2D eigenvalue weighted by Gasteiger charge is -2.49. The number of rotatable bonds is 5. The Morgan fingerprint density at radius 2 is 1.94 bits per heavy atom. The summed E-state index contributed by atoms with van der Waals surface area (Å²) in [7, 11) is 0. The molecule has 3 aliphatic carbocycles. The SMILES string of the molecule is Cc1nnc(C23CCC(CC2)C(CNC(=O)c2oc4c(C(F)(F)F)cc(C(C)C)cc4c2Cl)C3)o1. The summed E-state index contributed by atoms with van der Waals surface area (Å²) in [4.78, 5) is 13.0. The summed E-state index contributed by atoms with van der Waals surface area (Å²) in [5.41, 5.74) is -1.06. The maximum Gasteiger partial charge on any atom is 0.420 e. The summed E-state index contributed by atoms with van der Waals surface area (Å²) in [6.07, 6.45) is 0.111. The van der Waals surface area contributed by atoms with Gasteiger partial charge in [0, 0.05) is 24.3 Å². The van der Waals surface area contributed by atoms with E-state index in [-0.39, 0.29) is 33.4 Å². The molecule has 0 radical (unpaired) electrons. The molecule has 6 nitrogen and oxygen atoms in total. The molecule has 3 fully saturated rings. The highest BCUT2D eigenvalue weighted by molar-refractivity contribution is 6.38. The maximum atomic E-state index is 13.7. The number of nitrogens with one attached hydrogen (secondary N) is 1. The third kappa shape index (κ3) is 4.21. The van der Waals surface area contributed by atoms with Crippen molar-refractivity contribution in [2.24, 2.45) is 11.8 Å². The highest BCUT2D eigenvalue weighted by Gasteiger charge is 2.49. The van der Waals surface area contributed by atoms with Crippen LogP contribution in [0.5, 0.6) is 0 Å². The molecule has 6 rings (SSSR count). The molecule has 2 aromatic heterocycles. The Labute approximate surface area is 205 Å². The predicted molar refractivity (Wildman–Crippen MR) is 123 cm³/mol. The summed E-state index contributed by atoms with van der Waals surface area (Å²) in [5, 5.41) is 11.1. The van der Waals surface area contributed by atoms with Crippen LogP contribution in [0.1, 0.15) is 85.3 Å². The standard InChI is InChI=1S/C25H27ClF3N3O3/c1-12(2)15-8-17-19(26)21(35-20(17)18(9-15)25(27,28)29)22(33)30-11-16-10-24(6-4-14(16)5-7-24)23-32-31-13(3)34-23/h8-9,12,14,16H,4-7,10-11H2,1-3H3,(H,30,33). The maximum absolute atomic E-state index is 13.7. The van der Waals surface area contributed by atoms with Gasteiger partial charge in [0.15, 0.2) is 0 Å². The number of hydrogen-bond acceptors (Lipinski definition) is 5. The van der Waals surface area contributed by atoms with E-state index in [9.17, 15) is 18.0 Å². The molecular weight excluding hydrogens is 483 g/mol. The highest BCUT2D eigenvalue weighted by atomic mass is 35.5. The fraction of sp³-hybridized carbons (Fsp3) is 0.560. The quantitative estimate of drug-likeness (QED) is 0.409. The topological polar surface area (TPSA) is 81.2 Å².